The van der Waals surface area contributed by atoms with Crippen molar-refractivity contribution in [3.63, 3.8) is 0 Å². The summed E-state index contributed by atoms with van der Waals surface area (Å²) in [5.74, 6) is 1.56. The summed E-state index contributed by atoms with van der Waals surface area (Å²) in [4.78, 5) is 0. The van der Waals surface area contributed by atoms with Crippen LogP contribution < -0.4 is 14.8 Å². The average molecular weight is 402 g/mol. The van der Waals surface area contributed by atoms with Crippen molar-refractivity contribution >= 4 is 15.9 Å². The summed E-state index contributed by atoms with van der Waals surface area (Å²) >= 11 is 3.59. The number of aromatic nitrogens is 2. The summed E-state index contributed by atoms with van der Waals surface area (Å²) in [6.07, 6.45) is 3.70. The lowest BCUT2D eigenvalue weighted by Crippen LogP contribution is -2.14. The maximum absolute atomic E-state index is 5.47. The quantitative estimate of drug-likeness (QED) is 0.651. The van der Waals surface area contributed by atoms with Crippen LogP contribution in [0.5, 0.6) is 11.5 Å². The van der Waals surface area contributed by atoms with Crippen molar-refractivity contribution in [1.29, 1.82) is 0 Å². The number of nitrogens with zero attached hydrogens (tertiary/aromatic N) is 2. The van der Waals surface area contributed by atoms with Gasteiger partial charge >= 0.3 is 0 Å². The van der Waals surface area contributed by atoms with Gasteiger partial charge in [0.2, 0.25) is 0 Å². The molecule has 25 heavy (non-hydrogen) atoms. The highest BCUT2D eigenvalue weighted by Crippen LogP contribution is 2.32. The zero-order valence-corrected chi connectivity index (χ0v) is 15.8. The first-order chi connectivity index (χ1) is 12.2. The van der Waals surface area contributed by atoms with Crippen LogP contribution in [0, 0.1) is 0 Å². The van der Waals surface area contributed by atoms with E-state index in [1.165, 1.54) is 5.56 Å². The molecule has 3 aromatic rings. The number of ether oxygens (including phenoxy) is 2. The molecule has 3 rings (SSSR count). The van der Waals surface area contributed by atoms with E-state index in [2.05, 4.69) is 50.6 Å². The topological polar surface area (TPSA) is 48.3 Å². The molecule has 0 fully saturated rings. The van der Waals surface area contributed by atoms with E-state index in [1.54, 1.807) is 20.4 Å². The van der Waals surface area contributed by atoms with Gasteiger partial charge in [0, 0.05) is 41.6 Å². The first kappa shape index (κ1) is 17.5. The van der Waals surface area contributed by atoms with Gasteiger partial charge in [-0.25, -0.2) is 4.68 Å². The van der Waals surface area contributed by atoms with E-state index < -0.39 is 0 Å². The van der Waals surface area contributed by atoms with E-state index in [0.29, 0.717) is 6.54 Å². The average Bonchev–Trinajstić information content (AvgIpc) is 3.18. The van der Waals surface area contributed by atoms with Crippen molar-refractivity contribution in [2.24, 2.45) is 0 Å². The molecule has 5 nitrogen and oxygen atoms in total. The number of halogens is 1. The van der Waals surface area contributed by atoms with Crippen LogP contribution in [-0.4, -0.2) is 24.0 Å². The molecule has 0 aliphatic rings. The van der Waals surface area contributed by atoms with Crippen LogP contribution in [0.15, 0.2) is 59.3 Å². The Balaban J connectivity index is 1.63. The van der Waals surface area contributed by atoms with Crippen molar-refractivity contribution in [2.45, 2.75) is 13.1 Å². The predicted molar refractivity (Wildman–Crippen MR) is 101 cm³/mol. The maximum Gasteiger partial charge on any atom is 0.128 e. The molecule has 0 spiro atoms. The Kier molecular flexibility index (Phi) is 5.73. The predicted octanol–water partition coefficient (Wildman–Crippen LogP) is 3.94. The van der Waals surface area contributed by atoms with Gasteiger partial charge < -0.3 is 14.8 Å². The van der Waals surface area contributed by atoms with Crippen LogP contribution in [0.4, 0.5) is 0 Å². The second-order valence-electron chi connectivity index (χ2n) is 5.51. The minimum Gasteiger partial charge on any atom is -0.497 e. The van der Waals surface area contributed by atoms with E-state index in [9.17, 15) is 0 Å². The molecule has 1 aromatic heterocycles. The summed E-state index contributed by atoms with van der Waals surface area (Å²) in [5, 5.41) is 7.68. The van der Waals surface area contributed by atoms with Crippen molar-refractivity contribution < 1.29 is 9.47 Å². The van der Waals surface area contributed by atoms with E-state index in [0.717, 1.165) is 33.8 Å². The fourth-order valence-electron chi connectivity index (χ4n) is 2.58. The minimum atomic E-state index is 0.689. The molecule has 130 valence electrons. The van der Waals surface area contributed by atoms with Gasteiger partial charge in [0.05, 0.1) is 19.9 Å². The SMILES string of the molecule is COc1cc(Br)c(CNCc2ccc(-n3cccn3)cc2)c(OC)c1. The van der Waals surface area contributed by atoms with E-state index in [4.69, 9.17) is 9.47 Å². The second kappa shape index (κ2) is 8.18. The molecule has 1 heterocycles. The van der Waals surface area contributed by atoms with Crippen molar-refractivity contribution in [3.8, 4) is 17.2 Å². The fourth-order valence-corrected chi connectivity index (χ4v) is 3.14. The highest BCUT2D eigenvalue weighted by molar-refractivity contribution is 9.10. The van der Waals surface area contributed by atoms with Crippen LogP contribution in [0.3, 0.4) is 0 Å². The van der Waals surface area contributed by atoms with Crippen molar-refractivity contribution in [3.05, 3.63) is 70.5 Å². The Bertz CT molecular complexity index is 817. The van der Waals surface area contributed by atoms with Crippen molar-refractivity contribution in [1.82, 2.24) is 15.1 Å². The lowest BCUT2D eigenvalue weighted by atomic mass is 10.1. The first-order valence-electron chi connectivity index (χ1n) is 7.91. The number of methoxy groups -OCH3 is 2. The fraction of sp³-hybridized carbons (Fsp3) is 0.211. The molecule has 0 radical (unpaired) electrons. The Hall–Kier alpha value is -2.31. The Morgan fingerprint density at radius 3 is 2.52 bits per heavy atom. The summed E-state index contributed by atoms with van der Waals surface area (Å²) in [5.41, 5.74) is 3.32. The normalized spacial score (nSPS) is 10.7. The van der Waals surface area contributed by atoms with Gasteiger partial charge in [-0.15, -0.1) is 0 Å². The lowest BCUT2D eigenvalue weighted by molar-refractivity contribution is 0.389. The smallest absolute Gasteiger partial charge is 0.128 e. The summed E-state index contributed by atoms with van der Waals surface area (Å²) < 4.78 is 13.5. The molecule has 0 aliphatic carbocycles. The first-order valence-corrected chi connectivity index (χ1v) is 8.70. The van der Waals surface area contributed by atoms with E-state index in [-0.39, 0.29) is 0 Å². The highest BCUT2D eigenvalue weighted by Gasteiger charge is 2.10. The summed E-state index contributed by atoms with van der Waals surface area (Å²) in [7, 11) is 3.31. The van der Waals surface area contributed by atoms with E-state index in [1.807, 2.05) is 29.1 Å². The number of benzene rings is 2. The highest BCUT2D eigenvalue weighted by atomic mass is 79.9. The summed E-state index contributed by atoms with van der Waals surface area (Å²) in [6.45, 7) is 1.45. The number of nitrogens with one attached hydrogen (secondary N) is 1. The molecule has 6 heteroatoms. The Morgan fingerprint density at radius 2 is 1.88 bits per heavy atom. The molecular formula is C19H20BrN3O2. The molecule has 0 aliphatic heterocycles. The van der Waals surface area contributed by atoms with Gasteiger partial charge in [0.15, 0.2) is 0 Å². The van der Waals surface area contributed by atoms with E-state index >= 15 is 0 Å². The van der Waals surface area contributed by atoms with Gasteiger partial charge in [0.25, 0.3) is 0 Å². The van der Waals surface area contributed by atoms with Crippen molar-refractivity contribution in [2.75, 3.05) is 14.2 Å². The van der Waals surface area contributed by atoms with Gasteiger partial charge in [-0.1, -0.05) is 28.1 Å². The largest absolute Gasteiger partial charge is 0.497 e. The molecule has 2 aromatic carbocycles. The van der Waals surface area contributed by atoms with Crippen LogP contribution in [0.1, 0.15) is 11.1 Å². The maximum atomic E-state index is 5.47. The van der Waals surface area contributed by atoms with Gasteiger partial charge in [0.1, 0.15) is 11.5 Å². The molecule has 0 atom stereocenters. The van der Waals surface area contributed by atoms with Crippen LogP contribution in [-0.2, 0) is 13.1 Å². The molecular weight excluding hydrogens is 382 g/mol. The number of hydrogen-bond acceptors (Lipinski definition) is 4. The third kappa shape index (κ3) is 4.21. The monoisotopic (exact) mass is 401 g/mol. The zero-order chi connectivity index (χ0) is 17.6. The number of rotatable bonds is 7. The molecule has 0 saturated carbocycles. The van der Waals surface area contributed by atoms with Crippen LogP contribution in [0.2, 0.25) is 0 Å². The summed E-state index contributed by atoms with van der Waals surface area (Å²) in [6, 6.07) is 14.1. The zero-order valence-electron chi connectivity index (χ0n) is 14.2. The molecule has 1 N–H and O–H groups in total. The Labute approximate surface area is 155 Å². The van der Waals surface area contributed by atoms with Crippen LogP contribution >= 0.6 is 15.9 Å². The minimum absolute atomic E-state index is 0.689. The molecule has 0 bridgehead atoms. The lowest BCUT2D eigenvalue weighted by Gasteiger charge is -2.14. The van der Waals surface area contributed by atoms with Gasteiger partial charge in [-0.3, -0.25) is 0 Å². The standard InChI is InChI=1S/C19H20BrN3O2/c1-24-16-10-18(20)17(19(11-16)25-2)13-21-12-14-4-6-15(7-5-14)23-9-3-8-22-23/h3-11,21H,12-13H2,1-2H3. The third-order valence-electron chi connectivity index (χ3n) is 3.92. The number of hydrogen-bond donors (Lipinski definition) is 1. The third-order valence-corrected chi connectivity index (χ3v) is 4.63. The second-order valence-corrected chi connectivity index (χ2v) is 6.37. The Morgan fingerprint density at radius 1 is 1.08 bits per heavy atom. The van der Waals surface area contributed by atoms with Gasteiger partial charge in [-0.2, -0.15) is 5.10 Å². The molecule has 0 unspecified atom stereocenters. The van der Waals surface area contributed by atoms with Crippen LogP contribution in [0.25, 0.3) is 5.69 Å². The van der Waals surface area contributed by atoms with Gasteiger partial charge in [-0.05, 0) is 29.8 Å². The molecule has 0 amide bonds. The molecule has 0 saturated heterocycles.